The molecular formula is C48H90NO10P. The highest BCUT2D eigenvalue weighted by Gasteiger charge is 2.28. The quantitative estimate of drug-likeness (QED) is 0.0200. The number of carboxylic acids is 1. The minimum atomic E-state index is -4.75. The summed E-state index contributed by atoms with van der Waals surface area (Å²) in [5.74, 6) is -2.36. The summed E-state index contributed by atoms with van der Waals surface area (Å²) < 4.78 is 26.9. The fourth-order valence-corrected chi connectivity index (χ4v) is 7.71. The van der Waals surface area contributed by atoms with E-state index >= 15 is 0 Å². The molecule has 0 aromatic rings. The van der Waals surface area contributed by atoms with Crippen LogP contribution in [0.1, 0.15) is 232 Å². The second kappa shape index (κ2) is 43.6. The van der Waals surface area contributed by atoms with Crippen molar-refractivity contribution in [1.29, 1.82) is 0 Å². The van der Waals surface area contributed by atoms with Crippen molar-refractivity contribution in [3.8, 4) is 0 Å². The molecule has 3 unspecified atom stereocenters. The molecule has 0 aromatic carbocycles. The molecule has 0 saturated carbocycles. The van der Waals surface area contributed by atoms with Crippen LogP contribution in [0.15, 0.2) is 24.3 Å². The minimum Gasteiger partial charge on any atom is -0.480 e. The number of nitrogens with one attached hydrogen (secondary N) is 1. The van der Waals surface area contributed by atoms with Crippen molar-refractivity contribution in [2.75, 3.05) is 19.8 Å². The SMILES string of the molecule is CCCCC/C=C\C/C=C\CCCCCCCCCCCCCC(=O)OCC(O)COP(=O)(O)OCC(NC(=O)CCCCCCCCCCCCCCCCC)C(=O)O. The van der Waals surface area contributed by atoms with Crippen LogP contribution in [0, 0.1) is 0 Å². The van der Waals surface area contributed by atoms with Gasteiger partial charge in [0.25, 0.3) is 0 Å². The Morgan fingerprint density at radius 3 is 1.38 bits per heavy atom. The van der Waals surface area contributed by atoms with Gasteiger partial charge in [0.1, 0.15) is 12.7 Å². The summed E-state index contributed by atoms with van der Waals surface area (Å²) in [7, 11) is -4.75. The zero-order valence-electron chi connectivity index (χ0n) is 38.3. The molecule has 11 nitrogen and oxygen atoms in total. The monoisotopic (exact) mass is 872 g/mol. The number of aliphatic hydroxyl groups excluding tert-OH is 1. The number of aliphatic carboxylic acids is 1. The van der Waals surface area contributed by atoms with Crippen LogP contribution < -0.4 is 5.32 Å². The van der Waals surface area contributed by atoms with Gasteiger partial charge in [0.05, 0.1) is 13.2 Å². The van der Waals surface area contributed by atoms with E-state index in [2.05, 4.69) is 43.5 Å². The van der Waals surface area contributed by atoms with Gasteiger partial charge in [-0.1, -0.05) is 199 Å². The summed E-state index contributed by atoms with van der Waals surface area (Å²) in [4.78, 5) is 46.0. The molecule has 3 atom stereocenters. The van der Waals surface area contributed by atoms with Crippen LogP contribution in [0.5, 0.6) is 0 Å². The highest BCUT2D eigenvalue weighted by atomic mass is 31.2. The number of carbonyl (C=O) groups is 3. The number of rotatable bonds is 46. The Morgan fingerprint density at radius 1 is 0.533 bits per heavy atom. The molecule has 0 aliphatic carbocycles. The Hall–Kier alpha value is -2.04. The van der Waals surface area contributed by atoms with Crippen LogP contribution in [-0.4, -0.2) is 64.9 Å². The van der Waals surface area contributed by atoms with Crippen LogP contribution in [0.2, 0.25) is 0 Å². The first-order chi connectivity index (χ1) is 29.1. The van der Waals surface area contributed by atoms with Gasteiger partial charge in [-0.25, -0.2) is 9.36 Å². The van der Waals surface area contributed by atoms with Gasteiger partial charge in [-0.05, 0) is 44.9 Å². The van der Waals surface area contributed by atoms with Crippen LogP contribution >= 0.6 is 7.82 Å². The Balaban J connectivity index is 3.81. The molecule has 0 saturated heterocycles. The molecule has 0 aromatic heterocycles. The smallest absolute Gasteiger partial charge is 0.472 e. The van der Waals surface area contributed by atoms with Gasteiger partial charge in [-0.15, -0.1) is 0 Å². The third-order valence-corrected chi connectivity index (χ3v) is 11.7. The third-order valence-electron chi connectivity index (χ3n) is 10.7. The number of unbranched alkanes of at least 4 members (excludes halogenated alkanes) is 28. The van der Waals surface area contributed by atoms with Crippen molar-refractivity contribution in [1.82, 2.24) is 5.32 Å². The van der Waals surface area contributed by atoms with Crippen LogP contribution in [0.25, 0.3) is 0 Å². The molecule has 0 aliphatic heterocycles. The Bertz CT molecular complexity index is 1120. The molecule has 4 N–H and O–H groups in total. The van der Waals surface area contributed by atoms with Gasteiger partial charge < -0.3 is 25.2 Å². The number of ether oxygens (including phenoxy) is 1. The van der Waals surface area contributed by atoms with Crippen molar-refractivity contribution in [3.05, 3.63) is 24.3 Å². The van der Waals surface area contributed by atoms with E-state index in [1.807, 2.05) is 0 Å². The molecule has 0 radical (unpaired) electrons. The van der Waals surface area contributed by atoms with E-state index in [-0.39, 0.29) is 12.8 Å². The number of carboxylic acid groups (broad SMARTS) is 1. The molecular weight excluding hydrogens is 781 g/mol. The topological polar surface area (TPSA) is 169 Å². The fourth-order valence-electron chi connectivity index (χ4n) is 6.94. The largest absolute Gasteiger partial charge is 0.480 e. The van der Waals surface area contributed by atoms with Gasteiger partial charge in [-0.2, -0.15) is 0 Å². The van der Waals surface area contributed by atoms with Crippen LogP contribution in [-0.2, 0) is 32.7 Å². The van der Waals surface area contributed by atoms with Crippen molar-refractivity contribution < 1.29 is 47.8 Å². The van der Waals surface area contributed by atoms with E-state index in [0.717, 1.165) is 44.9 Å². The number of allylic oxidation sites excluding steroid dienone is 4. The lowest BCUT2D eigenvalue weighted by atomic mass is 10.0. The zero-order valence-corrected chi connectivity index (χ0v) is 39.2. The van der Waals surface area contributed by atoms with E-state index in [4.69, 9.17) is 13.8 Å². The summed E-state index contributed by atoms with van der Waals surface area (Å²) >= 11 is 0. The maximum absolute atomic E-state index is 12.3. The predicted octanol–water partition coefficient (Wildman–Crippen LogP) is 13.0. The van der Waals surface area contributed by atoms with E-state index in [1.165, 1.54) is 148 Å². The number of esters is 1. The normalized spacial score (nSPS) is 13.8. The first-order valence-corrected chi connectivity index (χ1v) is 25.9. The first kappa shape index (κ1) is 58.0. The molecule has 0 heterocycles. The number of carbonyl (C=O) groups excluding carboxylic acids is 2. The maximum atomic E-state index is 12.3. The highest BCUT2D eigenvalue weighted by Crippen LogP contribution is 2.43. The molecule has 60 heavy (non-hydrogen) atoms. The van der Waals surface area contributed by atoms with Gasteiger partial charge >= 0.3 is 19.8 Å². The molecule has 0 rings (SSSR count). The lowest BCUT2D eigenvalue weighted by molar-refractivity contribution is -0.147. The second-order valence-corrected chi connectivity index (χ2v) is 18.1. The maximum Gasteiger partial charge on any atom is 0.472 e. The number of hydrogen-bond donors (Lipinski definition) is 4. The van der Waals surface area contributed by atoms with Gasteiger partial charge in [0.2, 0.25) is 5.91 Å². The minimum absolute atomic E-state index is 0.150. The number of phosphoric ester groups is 1. The first-order valence-electron chi connectivity index (χ1n) is 24.4. The predicted molar refractivity (Wildman–Crippen MR) is 245 cm³/mol. The molecule has 0 aliphatic rings. The van der Waals surface area contributed by atoms with E-state index in [1.54, 1.807) is 0 Å². The molecule has 0 spiro atoms. The summed E-state index contributed by atoms with van der Waals surface area (Å²) in [6.45, 7) is 2.60. The zero-order chi connectivity index (χ0) is 44.2. The van der Waals surface area contributed by atoms with Gasteiger partial charge in [-0.3, -0.25) is 18.6 Å². The lowest BCUT2D eigenvalue weighted by Crippen LogP contribution is -2.43. The van der Waals surface area contributed by atoms with Gasteiger partial charge in [0.15, 0.2) is 6.04 Å². The number of phosphoric acid groups is 1. The number of amides is 1. The number of aliphatic hydroxyl groups is 1. The summed E-state index contributed by atoms with van der Waals surface area (Å²) in [6, 6.07) is -1.54. The molecule has 0 bridgehead atoms. The van der Waals surface area contributed by atoms with E-state index in [0.29, 0.717) is 12.8 Å². The average molecular weight is 872 g/mol. The Morgan fingerprint density at radius 2 is 0.917 bits per heavy atom. The van der Waals surface area contributed by atoms with E-state index < -0.39 is 57.6 Å². The highest BCUT2D eigenvalue weighted by molar-refractivity contribution is 7.47. The number of hydrogen-bond acceptors (Lipinski definition) is 8. The van der Waals surface area contributed by atoms with Crippen molar-refractivity contribution in [2.24, 2.45) is 0 Å². The van der Waals surface area contributed by atoms with Crippen LogP contribution in [0.3, 0.4) is 0 Å². The molecule has 352 valence electrons. The average Bonchev–Trinajstić information content (AvgIpc) is 3.22. The van der Waals surface area contributed by atoms with Crippen molar-refractivity contribution in [2.45, 2.75) is 244 Å². The molecule has 1 amide bonds. The summed E-state index contributed by atoms with van der Waals surface area (Å²) in [6.07, 6.45) is 46.2. The fraction of sp³-hybridized carbons (Fsp3) is 0.854. The second-order valence-electron chi connectivity index (χ2n) is 16.7. The van der Waals surface area contributed by atoms with Crippen molar-refractivity contribution >= 4 is 25.7 Å². The Labute approximate surface area is 366 Å². The lowest BCUT2D eigenvalue weighted by Gasteiger charge is -2.18. The molecule has 0 fully saturated rings. The standard InChI is InChI=1S/C48H90NO10P/c1-3-5-7-9-11-13-15-17-19-20-21-22-23-24-26-28-30-32-34-36-38-40-47(52)57-41-44(50)42-58-60(55,56)59-43-45(48(53)54)49-46(51)39-37-35-33-31-29-27-25-18-16-14-12-10-8-6-4-2/h11,13,17,19,44-45,50H,3-10,12,14-16,18,20-43H2,1-2H3,(H,49,51)(H,53,54)(H,55,56)/b13-11-,19-17-. The molecule has 12 heteroatoms. The summed E-state index contributed by atoms with van der Waals surface area (Å²) in [5, 5.41) is 21.9. The Kier molecular flexibility index (Phi) is 42.1. The van der Waals surface area contributed by atoms with E-state index in [9.17, 15) is 34.1 Å². The van der Waals surface area contributed by atoms with Crippen LogP contribution in [0.4, 0.5) is 0 Å². The van der Waals surface area contributed by atoms with Crippen molar-refractivity contribution in [3.63, 3.8) is 0 Å². The summed E-state index contributed by atoms with van der Waals surface area (Å²) in [5.41, 5.74) is 0. The third kappa shape index (κ3) is 42.6. The van der Waals surface area contributed by atoms with Gasteiger partial charge in [0, 0.05) is 12.8 Å².